The van der Waals surface area contributed by atoms with Gasteiger partial charge in [-0.2, -0.15) is 0 Å². The van der Waals surface area contributed by atoms with Crippen LogP contribution in [0.15, 0.2) is 71.8 Å². The SMILES string of the molecule is COC1/C=C/OC2(C)Oc3c(C)c(OC(=O)c4ccc(C)cc4)c4c(c3C2=O)C(=O)C(N2CCCC2)=C(NC(=O)/C(C)=C\C=C\C(C)C(O)C(C)C(O)C(C)C(O)C1C)C4=O. The Bertz CT molecular complexity index is 2230. The fraction of sp³-hybridized carbons (Fsp3) is 0.468. The van der Waals surface area contributed by atoms with Gasteiger partial charge < -0.3 is 44.5 Å². The predicted octanol–water partition coefficient (Wildman–Crippen LogP) is 5.31. The molecule has 0 radical (unpaired) electrons. The van der Waals surface area contributed by atoms with Crippen molar-refractivity contribution in [2.75, 3.05) is 20.2 Å². The third-order valence-corrected chi connectivity index (χ3v) is 12.6. The van der Waals surface area contributed by atoms with E-state index in [1.54, 1.807) is 69.0 Å². The van der Waals surface area contributed by atoms with Gasteiger partial charge in [-0.25, -0.2) is 4.79 Å². The zero-order valence-corrected chi connectivity index (χ0v) is 36.1. The first-order valence-corrected chi connectivity index (χ1v) is 20.7. The third kappa shape index (κ3) is 8.46. The number of aliphatic hydroxyl groups is 3. The van der Waals surface area contributed by atoms with Crippen LogP contribution < -0.4 is 14.8 Å². The quantitative estimate of drug-likeness (QED) is 0.229. The van der Waals surface area contributed by atoms with Gasteiger partial charge in [-0.3, -0.25) is 19.2 Å². The molecule has 14 heteroatoms. The maximum atomic E-state index is 15.1. The number of hydrogen-bond acceptors (Lipinski definition) is 13. The molecule has 1 saturated heterocycles. The lowest BCUT2D eigenvalue weighted by Gasteiger charge is -2.36. The molecule has 5 bridgehead atoms. The summed E-state index contributed by atoms with van der Waals surface area (Å²) in [5.74, 6) is -9.00. The van der Waals surface area contributed by atoms with Crippen molar-refractivity contribution >= 4 is 29.2 Å². The molecule has 61 heavy (non-hydrogen) atoms. The Hall–Kier alpha value is -5.41. The van der Waals surface area contributed by atoms with Crippen LogP contribution in [0.4, 0.5) is 0 Å². The summed E-state index contributed by atoms with van der Waals surface area (Å²) in [6.07, 6.45) is 4.73. The number of esters is 1. The zero-order chi connectivity index (χ0) is 44.7. The number of methoxy groups -OCH3 is 1. The minimum atomic E-state index is -2.10. The van der Waals surface area contributed by atoms with Crippen molar-refractivity contribution in [3.63, 3.8) is 0 Å². The molecule has 4 heterocycles. The molecular weight excluding hydrogens is 785 g/mol. The summed E-state index contributed by atoms with van der Waals surface area (Å²) in [4.78, 5) is 74.1. The number of fused-ring (bicyclic) bond motifs is 14. The average Bonchev–Trinajstić information content (AvgIpc) is 3.86. The van der Waals surface area contributed by atoms with Gasteiger partial charge in [0, 0.05) is 61.9 Å². The second-order valence-electron chi connectivity index (χ2n) is 16.9. The Balaban J connectivity index is 1.54. The number of Topliss-reactive ketones (excluding diaryl/α,β-unsaturated/α-hetero) is 3. The Morgan fingerprint density at radius 3 is 2.10 bits per heavy atom. The van der Waals surface area contributed by atoms with Crippen molar-refractivity contribution in [1.29, 1.82) is 0 Å². The fourth-order valence-electron chi connectivity index (χ4n) is 8.48. The Morgan fingerprint density at radius 1 is 0.836 bits per heavy atom. The van der Waals surface area contributed by atoms with Crippen molar-refractivity contribution in [3.8, 4) is 11.5 Å². The first-order chi connectivity index (χ1) is 28.8. The molecule has 5 aliphatic rings. The molecule has 9 atom stereocenters. The highest BCUT2D eigenvalue weighted by Crippen LogP contribution is 2.50. The molecule has 1 fully saturated rings. The number of likely N-dealkylation sites (tertiary alicyclic amines) is 1. The molecule has 2 aromatic carbocycles. The second kappa shape index (κ2) is 17.9. The van der Waals surface area contributed by atoms with Crippen molar-refractivity contribution < 1.29 is 58.2 Å². The Kier molecular flexibility index (Phi) is 13.2. The number of carbonyl (C=O) groups excluding carboxylic acids is 5. The largest absolute Gasteiger partial charge is 0.454 e. The van der Waals surface area contributed by atoms with E-state index in [1.165, 1.54) is 46.3 Å². The molecule has 2 aromatic rings. The average molecular weight is 841 g/mol. The summed E-state index contributed by atoms with van der Waals surface area (Å²) in [5.41, 5.74) is -0.160. The van der Waals surface area contributed by atoms with Gasteiger partial charge >= 0.3 is 11.8 Å². The Morgan fingerprint density at radius 2 is 1.46 bits per heavy atom. The van der Waals surface area contributed by atoms with Gasteiger partial charge in [0.25, 0.3) is 11.7 Å². The number of ether oxygens (including phenoxy) is 4. The maximum Gasteiger partial charge on any atom is 0.343 e. The van der Waals surface area contributed by atoms with Crippen LogP contribution in [-0.4, -0.2) is 99.8 Å². The smallest absolute Gasteiger partial charge is 0.343 e. The van der Waals surface area contributed by atoms with E-state index in [0.29, 0.717) is 25.9 Å². The van der Waals surface area contributed by atoms with Crippen LogP contribution in [0.2, 0.25) is 0 Å². The monoisotopic (exact) mass is 840 g/mol. The number of carbonyl (C=O) groups is 5. The highest BCUT2D eigenvalue weighted by Gasteiger charge is 2.53. The fourth-order valence-corrected chi connectivity index (χ4v) is 8.48. The molecule has 7 rings (SSSR count). The molecule has 1 aliphatic carbocycles. The van der Waals surface area contributed by atoms with Crippen molar-refractivity contribution in [2.24, 2.45) is 23.7 Å². The first kappa shape index (κ1) is 45.1. The van der Waals surface area contributed by atoms with Crippen LogP contribution in [0.3, 0.4) is 0 Å². The number of aliphatic hydroxyl groups excluding tert-OH is 3. The molecule has 4 N–H and O–H groups in total. The minimum Gasteiger partial charge on any atom is -0.454 e. The maximum absolute atomic E-state index is 15.1. The van der Waals surface area contributed by atoms with Gasteiger partial charge in [-0.1, -0.05) is 63.6 Å². The Labute approximate surface area is 355 Å². The van der Waals surface area contributed by atoms with Crippen LogP contribution in [0.5, 0.6) is 11.5 Å². The highest BCUT2D eigenvalue weighted by molar-refractivity contribution is 6.32. The number of ketones is 3. The molecule has 0 saturated carbocycles. The zero-order valence-electron chi connectivity index (χ0n) is 36.1. The number of hydrogen-bond donors (Lipinski definition) is 4. The molecule has 14 nitrogen and oxygen atoms in total. The normalized spacial score (nSPS) is 31.9. The summed E-state index contributed by atoms with van der Waals surface area (Å²) in [6, 6.07) is 6.54. The van der Waals surface area contributed by atoms with E-state index in [4.69, 9.17) is 18.9 Å². The van der Waals surface area contributed by atoms with E-state index < -0.39 is 83.1 Å². The summed E-state index contributed by atoms with van der Waals surface area (Å²) in [6.45, 7) is 13.8. The van der Waals surface area contributed by atoms with Gasteiger partial charge in [0.1, 0.15) is 22.9 Å². The van der Waals surface area contributed by atoms with Gasteiger partial charge in [0.2, 0.25) is 11.6 Å². The third-order valence-electron chi connectivity index (χ3n) is 12.6. The lowest BCUT2D eigenvalue weighted by atomic mass is 9.78. The van der Waals surface area contributed by atoms with E-state index in [0.717, 1.165) is 5.56 Å². The molecule has 0 aromatic heterocycles. The summed E-state index contributed by atoms with van der Waals surface area (Å²) in [5, 5.41) is 36.7. The number of allylic oxidation sites excluding steroid dienone is 4. The van der Waals surface area contributed by atoms with Crippen LogP contribution in [0, 0.1) is 37.5 Å². The van der Waals surface area contributed by atoms with Crippen LogP contribution in [-0.2, 0) is 14.3 Å². The van der Waals surface area contributed by atoms with Crippen LogP contribution in [0.25, 0.3) is 0 Å². The molecule has 0 spiro atoms. The van der Waals surface area contributed by atoms with Crippen molar-refractivity contribution in [1.82, 2.24) is 10.2 Å². The summed E-state index contributed by atoms with van der Waals surface area (Å²) < 4.78 is 23.9. The number of amides is 1. The van der Waals surface area contributed by atoms with E-state index in [9.17, 15) is 29.7 Å². The summed E-state index contributed by atoms with van der Waals surface area (Å²) in [7, 11) is 1.43. The number of rotatable bonds is 4. The molecule has 9 unspecified atom stereocenters. The number of benzene rings is 2. The number of aryl methyl sites for hydroxylation is 1. The molecular formula is C47H56N2O12. The van der Waals surface area contributed by atoms with Crippen molar-refractivity contribution in [2.45, 2.75) is 98.4 Å². The van der Waals surface area contributed by atoms with Gasteiger partial charge in [-0.05, 0) is 51.8 Å². The predicted molar refractivity (Wildman–Crippen MR) is 224 cm³/mol. The second-order valence-corrected chi connectivity index (χ2v) is 16.9. The van der Waals surface area contributed by atoms with E-state index in [1.807, 2.05) is 6.92 Å². The molecule has 326 valence electrons. The van der Waals surface area contributed by atoms with E-state index >= 15 is 9.59 Å². The molecule has 4 aliphatic heterocycles. The van der Waals surface area contributed by atoms with Gasteiger partial charge in [0.05, 0.1) is 52.9 Å². The van der Waals surface area contributed by atoms with E-state index in [-0.39, 0.29) is 56.3 Å². The van der Waals surface area contributed by atoms with Gasteiger partial charge in [0.15, 0.2) is 0 Å². The standard InChI is InChI=1S/C47H56N2O12/c1-23-15-17-30(18-16-23)46(57)60-42-29(7)43-34-32-33(42)40(53)35(36(41(32)54)49-20-10-11-21-49)48-45(56)25(3)14-12-13-24(2)37(50)27(5)39(52)28(6)38(51)26(4)31(58-9)19-22-59-47(8,61-43)44(34)55/h12-19,22,24,26-28,31,37-39,50-52H,10-11,20-21H2,1-9H3,(H,48,56)/b13-12+,22-19+,25-14-. The topological polar surface area (TPSA) is 198 Å². The summed E-state index contributed by atoms with van der Waals surface area (Å²) >= 11 is 0. The number of nitrogens with zero attached hydrogens (tertiary/aromatic N) is 1. The van der Waals surface area contributed by atoms with E-state index in [2.05, 4.69) is 5.32 Å². The minimum absolute atomic E-state index is 0.0617. The van der Waals surface area contributed by atoms with Gasteiger partial charge in [-0.15, -0.1) is 0 Å². The number of nitrogens with one attached hydrogen (secondary N) is 1. The van der Waals surface area contributed by atoms with Crippen LogP contribution in [0.1, 0.15) is 107 Å². The molecule has 1 amide bonds. The lowest BCUT2D eigenvalue weighted by molar-refractivity contribution is -0.116. The van der Waals surface area contributed by atoms with Crippen LogP contribution >= 0.6 is 0 Å². The lowest BCUT2D eigenvalue weighted by Crippen LogP contribution is -2.45. The highest BCUT2D eigenvalue weighted by atomic mass is 16.7. The first-order valence-electron chi connectivity index (χ1n) is 20.7. The van der Waals surface area contributed by atoms with Crippen molar-refractivity contribution in [3.05, 3.63) is 105 Å².